The Morgan fingerprint density at radius 3 is 2.89 bits per heavy atom. The van der Waals surface area contributed by atoms with Gasteiger partial charge in [-0.25, -0.2) is 4.98 Å². The van der Waals surface area contributed by atoms with Crippen LogP contribution >= 0.6 is 11.3 Å². The molecule has 1 heterocycles. The second kappa shape index (κ2) is 6.13. The molecule has 102 valence electrons. The first kappa shape index (κ1) is 14.0. The maximum absolute atomic E-state index is 9.46. The van der Waals surface area contributed by atoms with Gasteiger partial charge in [0, 0.05) is 29.1 Å². The molecule has 0 spiro atoms. The lowest BCUT2D eigenvalue weighted by Crippen LogP contribution is -2.44. The zero-order chi connectivity index (χ0) is 13.0. The van der Waals surface area contributed by atoms with E-state index in [1.54, 1.807) is 0 Å². The van der Waals surface area contributed by atoms with Gasteiger partial charge in [-0.3, -0.25) is 0 Å². The van der Waals surface area contributed by atoms with E-state index in [9.17, 15) is 5.11 Å². The number of aromatic nitrogens is 1. The highest BCUT2D eigenvalue weighted by Crippen LogP contribution is 2.38. The summed E-state index contributed by atoms with van der Waals surface area (Å²) in [5, 5.41) is 14.2. The van der Waals surface area contributed by atoms with Crippen LogP contribution in [-0.4, -0.2) is 22.2 Å². The van der Waals surface area contributed by atoms with Crippen molar-refractivity contribution in [1.82, 2.24) is 10.3 Å². The minimum Gasteiger partial charge on any atom is -0.394 e. The third-order valence-electron chi connectivity index (χ3n) is 3.87. The highest BCUT2D eigenvalue weighted by atomic mass is 32.1. The molecule has 1 aromatic rings. The number of hydrogen-bond acceptors (Lipinski definition) is 4. The van der Waals surface area contributed by atoms with E-state index in [1.165, 1.54) is 29.1 Å². The Labute approximate surface area is 114 Å². The molecule has 0 amide bonds. The van der Waals surface area contributed by atoms with Crippen LogP contribution in [0.1, 0.15) is 61.8 Å². The van der Waals surface area contributed by atoms with E-state index in [4.69, 9.17) is 0 Å². The number of nitrogens with zero attached hydrogens (tertiary/aromatic N) is 1. The van der Waals surface area contributed by atoms with Crippen molar-refractivity contribution in [2.45, 2.75) is 64.0 Å². The van der Waals surface area contributed by atoms with Crippen molar-refractivity contribution in [3.05, 3.63) is 16.1 Å². The van der Waals surface area contributed by atoms with Crippen LogP contribution in [0.5, 0.6) is 0 Å². The molecule has 18 heavy (non-hydrogen) atoms. The number of aliphatic hydroxyl groups is 1. The predicted molar refractivity (Wildman–Crippen MR) is 75.9 cm³/mol. The second-order valence-electron chi connectivity index (χ2n) is 5.61. The smallest absolute Gasteiger partial charge is 0.0959 e. The molecular formula is C14H24N2OS. The highest BCUT2D eigenvalue weighted by Gasteiger charge is 2.24. The summed E-state index contributed by atoms with van der Waals surface area (Å²) in [6.45, 7) is 5.25. The topological polar surface area (TPSA) is 45.1 Å². The quantitative estimate of drug-likeness (QED) is 0.799. The Balaban J connectivity index is 1.87. The van der Waals surface area contributed by atoms with Gasteiger partial charge in [0.25, 0.3) is 0 Å². The Kier molecular flexibility index (Phi) is 4.76. The molecule has 0 radical (unpaired) electrons. The van der Waals surface area contributed by atoms with Gasteiger partial charge in [-0.2, -0.15) is 0 Å². The second-order valence-corrected chi connectivity index (χ2v) is 6.76. The fraction of sp³-hybridized carbons (Fsp3) is 0.786. The van der Waals surface area contributed by atoms with Crippen LogP contribution in [0.3, 0.4) is 0 Å². The van der Waals surface area contributed by atoms with Crippen molar-refractivity contribution in [1.29, 1.82) is 0 Å². The van der Waals surface area contributed by atoms with Crippen LogP contribution in [0.25, 0.3) is 0 Å². The fourth-order valence-corrected chi connectivity index (χ4v) is 3.35. The van der Waals surface area contributed by atoms with Gasteiger partial charge in [-0.15, -0.1) is 11.3 Å². The van der Waals surface area contributed by atoms with Gasteiger partial charge in [0.15, 0.2) is 0 Å². The lowest BCUT2D eigenvalue weighted by molar-refractivity contribution is 0.163. The van der Waals surface area contributed by atoms with Crippen molar-refractivity contribution in [2.75, 3.05) is 6.61 Å². The zero-order valence-corrected chi connectivity index (χ0v) is 12.2. The lowest BCUT2D eigenvalue weighted by Gasteiger charge is -2.28. The van der Waals surface area contributed by atoms with Gasteiger partial charge in [-0.1, -0.05) is 19.8 Å². The van der Waals surface area contributed by atoms with Crippen molar-refractivity contribution in [2.24, 2.45) is 0 Å². The van der Waals surface area contributed by atoms with Crippen molar-refractivity contribution < 1.29 is 5.11 Å². The van der Waals surface area contributed by atoms with E-state index in [0.29, 0.717) is 0 Å². The molecule has 0 bridgehead atoms. The molecule has 1 aliphatic rings. The average molecular weight is 268 g/mol. The summed E-state index contributed by atoms with van der Waals surface area (Å²) in [6, 6.07) is 0. The van der Waals surface area contributed by atoms with E-state index in [1.807, 2.05) is 17.5 Å². The average Bonchev–Trinajstić information content (AvgIpc) is 2.73. The molecular weight excluding hydrogens is 244 g/mol. The third-order valence-corrected chi connectivity index (χ3v) is 5.03. The molecule has 0 aromatic carbocycles. The minimum absolute atomic E-state index is 0.157. The molecule has 2 N–H and O–H groups in total. The van der Waals surface area contributed by atoms with Crippen LogP contribution in [0.4, 0.5) is 0 Å². The molecule has 3 nitrogen and oxygen atoms in total. The Bertz CT molecular complexity index is 376. The first-order valence-electron chi connectivity index (χ1n) is 6.97. The number of rotatable bonds is 7. The van der Waals surface area contributed by atoms with Crippen LogP contribution in [0, 0.1) is 0 Å². The van der Waals surface area contributed by atoms with Crippen molar-refractivity contribution in [3.63, 3.8) is 0 Å². The summed E-state index contributed by atoms with van der Waals surface area (Å²) in [5.74, 6) is 0.726. The minimum atomic E-state index is -0.157. The molecule has 1 aliphatic carbocycles. The van der Waals surface area contributed by atoms with Crippen LogP contribution < -0.4 is 5.32 Å². The molecule has 4 heteroatoms. The summed E-state index contributed by atoms with van der Waals surface area (Å²) in [7, 11) is 0. The largest absolute Gasteiger partial charge is 0.394 e. The van der Waals surface area contributed by atoms with Crippen LogP contribution in [-0.2, 0) is 6.54 Å². The molecule has 0 aliphatic heterocycles. The highest BCUT2D eigenvalue weighted by molar-refractivity contribution is 7.11. The van der Waals surface area contributed by atoms with E-state index in [0.717, 1.165) is 25.3 Å². The first-order valence-corrected chi connectivity index (χ1v) is 7.79. The molecule has 0 saturated heterocycles. The lowest BCUT2D eigenvalue weighted by atomic mass is 9.86. The normalized spacial score (nSPS) is 19.5. The van der Waals surface area contributed by atoms with Gasteiger partial charge in [0.1, 0.15) is 0 Å². The molecule has 1 unspecified atom stereocenters. The Morgan fingerprint density at radius 1 is 1.56 bits per heavy atom. The van der Waals surface area contributed by atoms with Gasteiger partial charge in [0.2, 0.25) is 0 Å². The van der Waals surface area contributed by atoms with Crippen molar-refractivity contribution in [3.8, 4) is 0 Å². The van der Waals surface area contributed by atoms with E-state index >= 15 is 0 Å². The number of thiazole rings is 1. The molecule has 1 saturated carbocycles. The number of hydrogen-bond donors (Lipinski definition) is 2. The van der Waals surface area contributed by atoms with E-state index < -0.39 is 0 Å². The summed E-state index contributed by atoms with van der Waals surface area (Å²) in [6.07, 6.45) is 8.05. The Morgan fingerprint density at radius 2 is 2.33 bits per heavy atom. The monoisotopic (exact) mass is 268 g/mol. The molecule has 1 fully saturated rings. The zero-order valence-electron chi connectivity index (χ0n) is 11.4. The van der Waals surface area contributed by atoms with Gasteiger partial charge in [0.05, 0.1) is 11.6 Å². The van der Waals surface area contributed by atoms with Gasteiger partial charge in [-0.05, 0) is 26.2 Å². The number of aliphatic hydroxyl groups excluding tert-OH is 1. The Hall–Kier alpha value is -0.450. The van der Waals surface area contributed by atoms with Crippen LogP contribution in [0.15, 0.2) is 6.20 Å². The van der Waals surface area contributed by atoms with Crippen LogP contribution in [0.2, 0.25) is 0 Å². The van der Waals surface area contributed by atoms with Crippen molar-refractivity contribution >= 4 is 11.3 Å². The van der Waals surface area contributed by atoms with E-state index in [2.05, 4.69) is 24.1 Å². The summed E-state index contributed by atoms with van der Waals surface area (Å²) in [5.41, 5.74) is -0.157. The summed E-state index contributed by atoms with van der Waals surface area (Å²) >= 11 is 1.83. The van der Waals surface area contributed by atoms with Gasteiger partial charge >= 0.3 is 0 Å². The molecule has 1 atom stereocenters. The third kappa shape index (κ3) is 3.31. The maximum atomic E-state index is 9.46. The number of nitrogens with one attached hydrogen (secondary N) is 1. The summed E-state index contributed by atoms with van der Waals surface area (Å²) < 4.78 is 0. The molecule has 2 rings (SSSR count). The summed E-state index contributed by atoms with van der Waals surface area (Å²) in [4.78, 5) is 5.81. The standard InChI is InChI=1S/C14H24N2OS/c1-3-7-14(2,10-17)16-9-12-8-15-13(18-12)11-5-4-6-11/h8,11,16-17H,3-7,9-10H2,1-2H3. The SMILES string of the molecule is CCCC(C)(CO)NCc1cnc(C2CCC2)s1. The maximum Gasteiger partial charge on any atom is 0.0959 e. The molecule has 1 aromatic heterocycles. The van der Waals surface area contributed by atoms with Gasteiger partial charge < -0.3 is 10.4 Å². The predicted octanol–water partition coefficient (Wildman–Crippen LogP) is 3.05. The first-order chi connectivity index (χ1) is 8.67. The fourth-order valence-electron chi connectivity index (χ4n) is 2.32. The van der Waals surface area contributed by atoms with E-state index in [-0.39, 0.29) is 12.1 Å².